The number of hydrogen-bond donors (Lipinski definition) is 0. The zero-order chi connectivity index (χ0) is 15.5. The van der Waals surface area contributed by atoms with Crippen molar-refractivity contribution in [2.75, 3.05) is 20.1 Å². The molecule has 0 aromatic heterocycles. The summed E-state index contributed by atoms with van der Waals surface area (Å²) in [6, 6.07) is 6.33. The van der Waals surface area contributed by atoms with Crippen molar-refractivity contribution in [2.24, 2.45) is 0 Å². The molecule has 22 heavy (non-hydrogen) atoms. The molecule has 1 aromatic rings. The van der Waals surface area contributed by atoms with E-state index in [9.17, 15) is 4.79 Å². The zero-order valence-electron chi connectivity index (χ0n) is 13.0. The van der Waals surface area contributed by atoms with Crippen molar-refractivity contribution in [1.29, 1.82) is 0 Å². The molecule has 0 bridgehead atoms. The second-order valence-corrected chi connectivity index (χ2v) is 6.73. The van der Waals surface area contributed by atoms with Crippen molar-refractivity contribution in [3.8, 4) is 5.75 Å². The molecule has 0 atom stereocenters. The van der Waals surface area contributed by atoms with Crippen LogP contribution in [-0.4, -0.2) is 48.5 Å². The number of rotatable bonds is 6. The van der Waals surface area contributed by atoms with Gasteiger partial charge in [0.2, 0.25) is 6.41 Å². The first kappa shape index (κ1) is 15.6. The summed E-state index contributed by atoms with van der Waals surface area (Å²) >= 11 is 6.52. The van der Waals surface area contributed by atoms with Crippen molar-refractivity contribution in [1.82, 2.24) is 9.80 Å². The van der Waals surface area contributed by atoms with Crippen LogP contribution in [0.4, 0.5) is 0 Å². The van der Waals surface area contributed by atoms with Gasteiger partial charge in [0, 0.05) is 32.5 Å². The monoisotopic (exact) mass is 322 g/mol. The lowest BCUT2D eigenvalue weighted by Gasteiger charge is -2.39. The molecule has 1 saturated heterocycles. The fraction of sp³-hybridized carbons (Fsp3) is 0.588. The van der Waals surface area contributed by atoms with E-state index in [1.807, 2.05) is 19.2 Å². The first-order chi connectivity index (χ1) is 10.7. The number of ether oxygens (including phenoxy) is 1. The number of carbonyl (C=O) groups excluding carboxylic acids is 1. The van der Waals surface area contributed by atoms with E-state index in [4.69, 9.17) is 16.3 Å². The van der Waals surface area contributed by atoms with Crippen molar-refractivity contribution in [3.63, 3.8) is 0 Å². The summed E-state index contributed by atoms with van der Waals surface area (Å²) in [4.78, 5) is 14.9. The highest BCUT2D eigenvalue weighted by Gasteiger charge is 2.33. The number of likely N-dealkylation sites (tertiary alicyclic amines) is 1. The molecule has 120 valence electrons. The van der Waals surface area contributed by atoms with Gasteiger partial charge < -0.3 is 9.64 Å². The highest BCUT2D eigenvalue weighted by molar-refractivity contribution is 6.32. The largest absolute Gasteiger partial charge is 0.489 e. The average molecular weight is 323 g/mol. The molecule has 4 nitrogen and oxygen atoms in total. The predicted octanol–water partition coefficient (Wildman–Crippen LogP) is 2.93. The van der Waals surface area contributed by atoms with Crippen molar-refractivity contribution >= 4 is 18.0 Å². The third-order valence-electron chi connectivity index (χ3n) is 4.74. The quantitative estimate of drug-likeness (QED) is 0.755. The van der Waals surface area contributed by atoms with Gasteiger partial charge in [0.05, 0.1) is 5.02 Å². The van der Waals surface area contributed by atoms with Gasteiger partial charge in [0.25, 0.3) is 0 Å². The maximum Gasteiger partial charge on any atom is 0.209 e. The first-order valence-corrected chi connectivity index (χ1v) is 8.39. The van der Waals surface area contributed by atoms with Crippen LogP contribution >= 0.6 is 11.6 Å². The summed E-state index contributed by atoms with van der Waals surface area (Å²) in [5.74, 6) is 0.774. The number of amides is 1. The Kier molecular flexibility index (Phi) is 4.89. The number of hydrogen-bond acceptors (Lipinski definition) is 3. The van der Waals surface area contributed by atoms with Gasteiger partial charge in [-0.3, -0.25) is 9.69 Å². The molecular weight excluding hydrogens is 300 g/mol. The minimum absolute atomic E-state index is 0.159. The maximum absolute atomic E-state index is 10.7. The second-order valence-electron chi connectivity index (χ2n) is 6.35. The molecule has 0 spiro atoms. The molecular formula is C17H23ClN2O2. The van der Waals surface area contributed by atoms with Crippen LogP contribution in [0.3, 0.4) is 0 Å². The SMILES string of the molecule is CN(C=O)C1CC(Oc2cccc(CN3CCCC3)c2Cl)C1. The molecule has 1 amide bonds. The Balaban J connectivity index is 1.59. The Morgan fingerprint density at radius 2 is 2.09 bits per heavy atom. The zero-order valence-corrected chi connectivity index (χ0v) is 13.8. The van der Waals surface area contributed by atoms with Crippen LogP contribution in [-0.2, 0) is 11.3 Å². The number of benzene rings is 1. The molecule has 1 heterocycles. The molecule has 0 N–H and O–H groups in total. The van der Waals surface area contributed by atoms with Gasteiger partial charge in [-0.2, -0.15) is 0 Å². The van der Waals surface area contributed by atoms with E-state index in [-0.39, 0.29) is 6.10 Å². The summed E-state index contributed by atoms with van der Waals surface area (Å²) in [6.07, 6.45) is 5.35. The third-order valence-corrected chi connectivity index (χ3v) is 5.17. The van der Waals surface area contributed by atoms with Crippen LogP contribution < -0.4 is 4.74 Å². The summed E-state index contributed by atoms with van der Waals surface area (Å²) in [7, 11) is 1.82. The van der Waals surface area contributed by atoms with Crippen molar-refractivity contribution in [2.45, 2.75) is 44.4 Å². The van der Waals surface area contributed by atoms with Gasteiger partial charge in [-0.25, -0.2) is 0 Å². The van der Waals surface area contributed by atoms with Gasteiger partial charge in [0.1, 0.15) is 11.9 Å². The molecule has 0 radical (unpaired) electrons. The summed E-state index contributed by atoms with van der Waals surface area (Å²) in [6.45, 7) is 3.21. The lowest BCUT2D eigenvalue weighted by atomic mass is 9.88. The lowest BCUT2D eigenvalue weighted by molar-refractivity contribution is -0.122. The van der Waals surface area contributed by atoms with Crippen LogP contribution in [0.2, 0.25) is 5.02 Å². The first-order valence-electron chi connectivity index (χ1n) is 8.01. The summed E-state index contributed by atoms with van der Waals surface area (Å²) in [5.41, 5.74) is 1.14. The van der Waals surface area contributed by atoms with Gasteiger partial charge in [-0.05, 0) is 37.6 Å². The van der Waals surface area contributed by atoms with Gasteiger partial charge in [-0.1, -0.05) is 23.7 Å². The van der Waals surface area contributed by atoms with E-state index < -0.39 is 0 Å². The molecule has 5 heteroatoms. The lowest BCUT2D eigenvalue weighted by Crippen LogP contribution is -2.47. The summed E-state index contributed by atoms with van der Waals surface area (Å²) < 4.78 is 6.02. The van der Waals surface area contributed by atoms with E-state index in [0.717, 1.165) is 55.2 Å². The van der Waals surface area contributed by atoms with Gasteiger partial charge in [0.15, 0.2) is 0 Å². The van der Waals surface area contributed by atoms with Crippen LogP contribution in [0.5, 0.6) is 5.75 Å². The highest BCUT2D eigenvalue weighted by Crippen LogP contribution is 2.34. The summed E-state index contributed by atoms with van der Waals surface area (Å²) in [5, 5.41) is 0.738. The minimum atomic E-state index is 0.159. The fourth-order valence-electron chi connectivity index (χ4n) is 3.18. The van der Waals surface area contributed by atoms with Crippen LogP contribution in [0.1, 0.15) is 31.2 Å². The smallest absolute Gasteiger partial charge is 0.209 e. The Morgan fingerprint density at radius 3 is 2.77 bits per heavy atom. The molecule has 1 saturated carbocycles. The van der Waals surface area contributed by atoms with E-state index in [1.54, 1.807) is 4.90 Å². The topological polar surface area (TPSA) is 32.8 Å². The van der Waals surface area contributed by atoms with Crippen molar-refractivity contribution in [3.05, 3.63) is 28.8 Å². The third kappa shape index (κ3) is 3.39. The molecule has 2 aliphatic rings. The molecule has 1 aliphatic carbocycles. The van der Waals surface area contributed by atoms with Crippen LogP contribution in [0.25, 0.3) is 0 Å². The average Bonchev–Trinajstić information content (AvgIpc) is 2.98. The van der Waals surface area contributed by atoms with Gasteiger partial charge >= 0.3 is 0 Å². The van der Waals surface area contributed by atoms with Crippen molar-refractivity contribution < 1.29 is 9.53 Å². The highest BCUT2D eigenvalue weighted by atomic mass is 35.5. The Bertz CT molecular complexity index is 525. The molecule has 2 fully saturated rings. The standard InChI is InChI=1S/C17H23ClN2O2/c1-19(12-21)14-9-15(10-14)22-16-6-4-5-13(17(16)18)11-20-7-2-3-8-20/h4-6,12,14-15H,2-3,7-11H2,1H3. The number of nitrogens with zero attached hydrogens (tertiary/aromatic N) is 2. The minimum Gasteiger partial charge on any atom is -0.489 e. The van der Waals surface area contributed by atoms with Gasteiger partial charge in [-0.15, -0.1) is 0 Å². The Hall–Kier alpha value is -1.26. The predicted molar refractivity (Wildman–Crippen MR) is 87.2 cm³/mol. The van der Waals surface area contributed by atoms with E-state index in [0.29, 0.717) is 6.04 Å². The van der Waals surface area contributed by atoms with E-state index >= 15 is 0 Å². The number of halogens is 1. The van der Waals surface area contributed by atoms with E-state index in [2.05, 4.69) is 11.0 Å². The second kappa shape index (κ2) is 6.88. The van der Waals surface area contributed by atoms with E-state index in [1.165, 1.54) is 12.8 Å². The fourth-order valence-corrected chi connectivity index (χ4v) is 3.41. The molecule has 1 aliphatic heterocycles. The molecule has 0 unspecified atom stereocenters. The van der Waals surface area contributed by atoms with Crippen LogP contribution in [0.15, 0.2) is 18.2 Å². The van der Waals surface area contributed by atoms with Crippen LogP contribution in [0, 0.1) is 0 Å². The Morgan fingerprint density at radius 1 is 1.36 bits per heavy atom. The maximum atomic E-state index is 10.7. The number of carbonyl (C=O) groups is 1. The normalized spacial score (nSPS) is 24.8. The molecule has 3 rings (SSSR count). The molecule has 1 aromatic carbocycles. The Labute approximate surface area is 137 Å².